The number of hydrogen-bond acceptors (Lipinski definition) is 4. The molecule has 2 N–H and O–H groups in total. The highest BCUT2D eigenvalue weighted by Gasteiger charge is 2.19. The predicted octanol–water partition coefficient (Wildman–Crippen LogP) is 2.81. The smallest absolute Gasteiger partial charge is 0.231 e. The average molecular weight is 259 g/mol. The van der Waals surface area contributed by atoms with Crippen molar-refractivity contribution in [1.82, 2.24) is 10.1 Å². The summed E-state index contributed by atoms with van der Waals surface area (Å²) in [7, 11) is 0. The first-order valence-corrected chi connectivity index (χ1v) is 6.73. The summed E-state index contributed by atoms with van der Waals surface area (Å²) in [5.74, 6) is 1.45. The van der Waals surface area contributed by atoms with Crippen LogP contribution >= 0.6 is 0 Å². The van der Waals surface area contributed by atoms with Crippen molar-refractivity contribution >= 4 is 0 Å². The topological polar surface area (TPSA) is 64.9 Å². The zero-order valence-corrected chi connectivity index (χ0v) is 11.8. The number of rotatable bonds is 5. The average Bonchev–Trinajstić information content (AvgIpc) is 2.88. The second-order valence-electron chi connectivity index (χ2n) is 5.07. The van der Waals surface area contributed by atoms with Gasteiger partial charge in [-0.05, 0) is 18.9 Å². The maximum Gasteiger partial charge on any atom is 0.231 e. The summed E-state index contributed by atoms with van der Waals surface area (Å²) in [5, 5.41) is 4.03. The van der Waals surface area contributed by atoms with Crippen molar-refractivity contribution < 1.29 is 4.52 Å². The van der Waals surface area contributed by atoms with Crippen LogP contribution in [0.15, 0.2) is 28.8 Å². The standard InChI is InChI=1S/C15H21N3O/c1-4-13(16)11(3)15-17-14(18-19-15)9-12-7-5-10(2)6-8-12/h5-8,11,13H,4,9,16H2,1-3H3. The molecule has 1 aromatic carbocycles. The molecule has 0 aliphatic carbocycles. The molecule has 0 spiro atoms. The Bertz CT molecular complexity index is 518. The molecular weight excluding hydrogens is 238 g/mol. The van der Waals surface area contributed by atoms with Crippen LogP contribution in [0.5, 0.6) is 0 Å². The third-order valence-electron chi connectivity index (χ3n) is 3.47. The van der Waals surface area contributed by atoms with E-state index < -0.39 is 0 Å². The molecule has 4 heteroatoms. The highest BCUT2D eigenvalue weighted by atomic mass is 16.5. The first-order valence-electron chi connectivity index (χ1n) is 6.73. The number of nitrogens with zero attached hydrogens (tertiary/aromatic N) is 2. The second kappa shape index (κ2) is 5.97. The van der Waals surface area contributed by atoms with Gasteiger partial charge in [-0.1, -0.05) is 48.8 Å². The first kappa shape index (κ1) is 13.7. The molecule has 19 heavy (non-hydrogen) atoms. The zero-order valence-electron chi connectivity index (χ0n) is 11.8. The van der Waals surface area contributed by atoms with Crippen molar-refractivity contribution in [2.75, 3.05) is 0 Å². The van der Waals surface area contributed by atoms with E-state index in [1.807, 2.05) is 6.92 Å². The van der Waals surface area contributed by atoms with Crippen molar-refractivity contribution in [1.29, 1.82) is 0 Å². The van der Waals surface area contributed by atoms with Gasteiger partial charge in [0.05, 0.1) is 5.92 Å². The summed E-state index contributed by atoms with van der Waals surface area (Å²) in [6, 6.07) is 8.42. The van der Waals surface area contributed by atoms with E-state index >= 15 is 0 Å². The van der Waals surface area contributed by atoms with Crippen molar-refractivity contribution in [2.45, 2.75) is 45.6 Å². The Kier molecular flexibility index (Phi) is 4.32. The Balaban J connectivity index is 2.07. The minimum absolute atomic E-state index is 0.0627. The molecule has 0 radical (unpaired) electrons. The molecule has 0 fully saturated rings. The molecule has 0 bridgehead atoms. The Morgan fingerprint density at radius 1 is 1.26 bits per heavy atom. The molecule has 2 aromatic rings. The van der Waals surface area contributed by atoms with Gasteiger partial charge in [-0.3, -0.25) is 0 Å². The molecule has 2 atom stereocenters. The van der Waals surface area contributed by atoms with E-state index in [4.69, 9.17) is 10.3 Å². The van der Waals surface area contributed by atoms with E-state index in [0.717, 1.165) is 6.42 Å². The van der Waals surface area contributed by atoms with Crippen LogP contribution in [0.3, 0.4) is 0 Å². The monoisotopic (exact) mass is 259 g/mol. The van der Waals surface area contributed by atoms with Crippen molar-refractivity contribution in [3.8, 4) is 0 Å². The van der Waals surface area contributed by atoms with Crippen LogP contribution < -0.4 is 5.73 Å². The maximum atomic E-state index is 6.00. The van der Waals surface area contributed by atoms with Crippen LogP contribution in [0.4, 0.5) is 0 Å². The third-order valence-corrected chi connectivity index (χ3v) is 3.47. The molecule has 1 heterocycles. The highest BCUT2D eigenvalue weighted by molar-refractivity contribution is 5.23. The number of aromatic nitrogens is 2. The fourth-order valence-corrected chi connectivity index (χ4v) is 1.95. The van der Waals surface area contributed by atoms with E-state index in [2.05, 4.69) is 48.3 Å². The predicted molar refractivity (Wildman–Crippen MR) is 75.0 cm³/mol. The first-order chi connectivity index (χ1) is 9.10. The molecule has 0 saturated heterocycles. The minimum Gasteiger partial charge on any atom is -0.339 e. The Hall–Kier alpha value is -1.68. The van der Waals surface area contributed by atoms with E-state index in [0.29, 0.717) is 18.1 Å². The number of benzene rings is 1. The van der Waals surface area contributed by atoms with Crippen molar-refractivity contribution in [3.63, 3.8) is 0 Å². The van der Waals surface area contributed by atoms with Gasteiger partial charge in [-0.15, -0.1) is 0 Å². The van der Waals surface area contributed by atoms with E-state index in [1.54, 1.807) is 0 Å². The maximum absolute atomic E-state index is 6.00. The lowest BCUT2D eigenvalue weighted by Gasteiger charge is -2.13. The van der Waals surface area contributed by atoms with E-state index in [9.17, 15) is 0 Å². The van der Waals surface area contributed by atoms with Crippen LogP contribution in [0.2, 0.25) is 0 Å². The minimum atomic E-state index is 0.0627. The molecule has 2 unspecified atom stereocenters. The Labute approximate surface area is 114 Å². The lowest BCUT2D eigenvalue weighted by Crippen LogP contribution is -2.25. The SMILES string of the molecule is CCC(N)C(C)c1nc(Cc2ccc(C)cc2)no1. The van der Waals surface area contributed by atoms with E-state index in [-0.39, 0.29) is 12.0 Å². The summed E-state index contributed by atoms with van der Waals surface area (Å²) in [6.07, 6.45) is 1.59. The van der Waals surface area contributed by atoms with Gasteiger partial charge in [-0.25, -0.2) is 0 Å². The molecule has 4 nitrogen and oxygen atoms in total. The summed E-state index contributed by atoms with van der Waals surface area (Å²) < 4.78 is 5.30. The fourth-order valence-electron chi connectivity index (χ4n) is 1.95. The van der Waals surface area contributed by atoms with Gasteiger partial charge in [0.25, 0.3) is 0 Å². The number of hydrogen-bond donors (Lipinski definition) is 1. The fraction of sp³-hybridized carbons (Fsp3) is 0.467. The van der Waals surface area contributed by atoms with Gasteiger partial charge >= 0.3 is 0 Å². The van der Waals surface area contributed by atoms with Crippen LogP contribution in [0.25, 0.3) is 0 Å². The van der Waals surface area contributed by atoms with Crippen LogP contribution in [-0.2, 0) is 6.42 Å². The molecular formula is C15H21N3O. The summed E-state index contributed by atoms with van der Waals surface area (Å²) in [4.78, 5) is 4.44. The zero-order chi connectivity index (χ0) is 13.8. The lowest BCUT2D eigenvalue weighted by atomic mass is 10.0. The third kappa shape index (κ3) is 3.41. The molecule has 102 valence electrons. The summed E-state index contributed by atoms with van der Waals surface area (Å²) in [5.41, 5.74) is 8.43. The Morgan fingerprint density at radius 2 is 1.95 bits per heavy atom. The molecule has 0 amide bonds. The quantitative estimate of drug-likeness (QED) is 0.896. The lowest BCUT2D eigenvalue weighted by molar-refractivity contribution is 0.337. The Morgan fingerprint density at radius 3 is 2.58 bits per heavy atom. The highest BCUT2D eigenvalue weighted by Crippen LogP contribution is 2.18. The summed E-state index contributed by atoms with van der Waals surface area (Å²) in [6.45, 7) is 6.16. The normalized spacial score (nSPS) is 14.3. The number of aryl methyl sites for hydroxylation is 1. The van der Waals surface area contributed by atoms with Gasteiger partial charge < -0.3 is 10.3 Å². The van der Waals surface area contributed by atoms with Crippen LogP contribution in [0, 0.1) is 6.92 Å². The second-order valence-corrected chi connectivity index (χ2v) is 5.07. The van der Waals surface area contributed by atoms with Crippen LogP contribution in [-0.4, -0.2) is 16.2 Å². The molecule has 0 aliphatic rings. The molecule has 0 saturated carbocycles. The number of nitrogens with two attached hydrogens (primary N) is 1. The largest absolute Gasteiger partial charge is 0.339 e. The van der Waals surface area contributed by atoms with Crippen LogP contribution in [0.1, 0.15) is 49.0 Å². The van der Waals surface area contributed by atoms with Gasteiger partial charge in [0.1, 0.15) is 0 Å². The van der Waals surface area contributed by atoms with Gasteiger partial charge in [0.15, 0.2) is 5.82 Å². The molecule has 0 aliphatic heterocycles. The molecule has 2 rings (SSSR count). The summed E-state index contributed by atoms with van der Waals surface area (Å²) >= 11 is 0. The van der Waals surface area contributed by atoms with E-state index in [1.165, 1.54) is 11.1 Å². The van der Waals surface area contributed by atoms with Gasteiger partial charge in [0, 0.05) is 12.5 Å². The van der Waals surface area contributed by atoms with Crippen molar-refractivity contribution in [3.05, 3.63) is 47.1 Å². The van der Waals surface area contributed by atoms with Crippen molar-refractivity contribution in [2.24, 2.45) is 5.73 Å². The van der Waals surface area contributed by atoms with Gasteiger partial charge in [-0.2, -0.15) is 4.98 Å². The molecule has 1 aromatic heterocycles. The van der Waals surface area contributed by atoms with Gasteiger partial charge in [0.2, 0.25) is 5.89 Å².